The molecule has 0 unspecified atom stereocenters. The fourth-order valence-corrected chi connectivity index (χ4v) is 2.25. The number of aliphatic hydroxyl groups is 1. The van der Waals surface area contributed by atoms with Crippen LogP contribution >= 0.6 is 0 Å². The van der Waals surface area contributed by atoms with Crippen molar-refractivity contribution in [3.05, 3.63) is 59.5 Å². The van der Waals surface area contributed by atoms with Gasteiger partial charge in [-0.05, 0) is 25.1 Å². The molecule has 2 aromatic heterocycles. The highest BCUT2D eigenvalue weighted by Gasteiger charge is 2.11. The summed E-state index contributed by atoms with van der Waals surface area (Å²) in [5.74, 6) is 1.64. The van der Waals surface area contributed by atoms with E-state index in [0.29, 0.717) is 6.54 Å². The Kier molecular flexibility index (Phi) is 3.75. The molecule has 0 aliphatic rings. The molecule has 0 bridgehead atoms. The SMILES string of the molecule is Cc1ccc(-c2[nH]ncc2CNc2ccccc2CO)o1. The number of hydrogen-bond donors (Lipinski definition) is 3. The molecular formula is C16H17N3O2. The van der Waals surface area contributed by atoms with Gasteiger partial charge in [0.1, 0.15) is 11.5 Å². The summed E-state index contributed by atoms with van der Waals surface area (Å²) in [5.41, 5.74) is 3.67. The quantitative estimate of drug-likeness (QED) is 0.672. The first-order chi connectivity index (χ1) is 10.3. The zero-order valence-electron chi connectivity index (χ0n) is 11.8. The minimum absolute atomic E-state index is 0.0127. The molecule has 5 nitrogen and oxygen atoms in total. The molecule has 108 valence electrons. The Bertz CT molecular complexity index is 730. The zero-order valence-corrected chi connectivity index (χ0v) is 11.8. The van der Waals surface area contributed by atoms with Gasteiger partial charge in [-0.2, -0.15) is 5.10 Å². The molecule has 2 heterocycles. The normalized spacial score (nSPS) is 10.8. The summed E-state index contributed by atoms with van der Waals surface area (Å²) in [6.45, 7) is 2.52. The number of rotatable bonds is 5. The molecule has 0 spiro atoms. The van der Waals surface area contributed by atoms with E-state index >= 15 is 0 Å². The second-order valence-electron chi connectivity index (χ2n) is 4.85. The van der Waals surface area contributed by atoms with Gasteiger partial charge in [-0.15, -0.1) is 0 Å². The van der Waals surface area contributed by atoms with Crippen molar-refractivity contribution >= 4 is 5.69 Å². The summed E-state index contributed by atoms with van der Waals surface area (Å²) in [6, 6.07) is 11.5. The molecule has 1 aromatic carbocycles. The van der Waals surface area contributed by atoms with Crippen molar-refractivity contribution in [2.75, 3.05) is 5.32 Å². The fraction of sp³-hybridized carbons (Fsp3) is 0.188. The molecule has 0 saturated carbocycles. The summed E-state index contributed by atoms with van der Waals surface area (Å²) >= 11 is 0. The molecule has 3 aromatic rings. The van der Waals surface area contributed by atoms with Crippen LogP contribution in [0.2, 0.25) is 0 Å². The molecule has 3 N–H and O–H groups in total. The molecule has 21 heavy (non-hydrogen) atoms. The molecule has 0 aliphatic heterocycles. The highest BCUT2D eigenvalue weighted by atomic mass is 16.3. The van der Waals surface area contributed by atoms with E-state index in [1.54, 1.807) is 6.20 Å². The van der Waals surface area contributed by atoms with Crippen LogP contribution in [0.25, 0.3) is 11.5 Å². The number of aromatic amines is 1. The predicted octanol–water partition coefficient (Wildman–Crippen LogP) is 3.08. The van der Waals surface area contributed by atoms with Crippen LogP contribution < -0.4 is 5.32 Å². The van der Waals surface area contributed by atoms with Gasteiger partial charge in [0.2, 0.25) is 0 Å². The van der Waals surface area contributed by atoms with Gasteiger partial charge in [-0.1, -0.05) is 18.2 Å². The van der Waals surface area contributed by atoms with E-state index in [1.165, 1.54) is 0 Å². The number of benzene rings is 1. The lowest BCUT2D eigenvalue weighted by Crippen LogP contribution is -2.02. The van der Waals surface area contributed by atoms with Crippen LogP contribution in [0, 0.1) is 6.92 Å². The van der Waals surface area contributed by atoms with Crippen LogP contribution in [-0.2, 0) is 13.2 Å². The lowest BCUT2D eigenvalue weighted by Gasteiger charge is -2.10. The number of nitrogens with zero attached hydrogens (tertiary/aromatic N) is 1. The molecular weight excluding hydrogens is 266 g/mol. The van der Waals surface area contributed by atoms with Crippen molar-refractivity contribution in [2.45, 2.75) is 20.1 Å². The Morgan fingerprint density at radius 1 is 1.19 bits per heavy atom. The van der Waals surface area contributed by atoms with Crippen molar-refractivity contribution in [3.8, 4) is 11.5 Å². The second kappa shape index (κ2) is 5.85. The Morgan fingerprint density at radius 3 is 2.81 bits per heavy atom. The van der Waals surface area contributed by atoms with Crippen LogP contribution in [0.3, 0.4) is 0 Å². The maximum absolute atomic E-state index is 9.34. The topological polar surface area (TPSA) is 74.1 Å². The minimum atomic E-state index is 0.0127. The van der Waals surface area contributed by atoms with E-state index in [9.17, 15) is 5.11 Å². The summed E-state index contributed by atoms with van der Waals surface area (Å²) < 4.78 is 5.63. The van der Waals surface area contributed by atoms with Gasteiger partial charge < -0.3 is 14.8 Å². The summed E-state index contributed by atoms with van der Waals surface area (Å²) in [5, 5.41) is 19.7. The van der Waals surface area contributed by atoms with Gasteiger partial charge in [0.05, 0.1) is 12.8 Å². The monoisotopic (exact) mass is 283 g/mol. The number of para-hydroxylation sites is 1. The number of furan rings is 1. The summed E-state index contributed by atoms with van der Waals surface area (Å²) in [7, 11) is 0. The van der Waals surface area contributed by atoms with Gasteiger partial charge in [0, 0.05) is 23.4 Å². The van der Waals surface area contributed by atoms with Crippen LogP contribution in [0.5, 0.6) is 0 Å². The molecule has 5 heteroatoms. The standard InChI is InChI=1S/C16H17N3O2/c1-11-6-7-15(21-11)16-13(9-18-19-16)8-17-14-5-3-2-4-12(14)10-20/h2-7,9,17,20H,8,10H2,1H3,(H,18,19). The number of aliphatic hydroxyl groups excluding tert-OH is 1. The van der Waals surface area contributed by atoms with Gasteiger partial charge >= 0.3 is 0 Å². The van der Waals surface area contributed by atoms with E-state index in [0.717, 1.165) is 34.0 Å². The van der Waals surface area contributed by atoms with Gasteiger partial charge in [-0.25, -0.2) is 0 Å². The first kappa shape index (κ1) is 13.5. The zero-order chi connectivity index (χ0) is 14.7. The van der Waals surface area contributed by atoms with Crippen molar-refractivity contribution in [1.29, 1.82) is 0 Å². The van der Waals surface area contributed by atoms with Gasteiger partial charge in [-0.3, -0.25) is 5.10 Å². The number of H-pyrrole nitrogens is 1. The summed E-state index contributed by atoms with van der Waals surface area (Å²) in [4.78, 5) is 0. The number of nitrogens with one attached hydrogen (secondary N) is 2. The van der Waals surface area contributed by atoms with E-state index in [2.05, 4.69) is 15.5 Å². The molecule has 0 radical (unpaired) electrons. The highest BCUT2D eigenvalue weighted by Crippen LogP contribution is 2.24. The van der Waals surface area contributed by atoms with Crippen LogP contribution in [0.15, 0.2) is 47.0 Å². The molecule has 0 atom stereocenters. The first-order valence-corrected chi connectivity index (χ1v) is 6.79. The molecule has 3 rings (SSSR count). The van der Waals surface area contributed by atoms with Crippen molar-refractivity contribution in [1.82, 2.24) is 10.2 Å². The number of hydrogen-bond acceptors (Lipinski definition) is 4. The van der Waals surface area contributed by atoms with Crippen LogP contribution in [0.1, 0.15) is 16.9 Å². The fourth-order valence-electron chi connectivity index (χ4n) is 2.25. The van der Waals surface area contributed by atoms with Crippen molar-refractivity contribution < 1.29 is 9.52 Å². The lowest BCUT2D eigenvalue weighted by molar-refractivity contribution is 0.282. The number of anilines is 1. The van der Waals surface area contributed by atoms with E-state index in [-0.39, 0.29) is 6.61 Å². The average Bonchev–Trinajstić information content (AvgIpc) is 3.13. The first-order valence-electron chi connectivity index (χ1n) is 6.79. The molecule has 0 aliphatic carbocycles. The third kappa shape index (κ3) is 2.83. The molecule has 0 fully saturated rings. The van der Waals surface area contributed by atoms with Gasteiger partial charge in [0.15, 0.2) is 5.76 Å². The van der Waals surface area contributed by atoms with Crippen LogP contribution in [-0.4, -0.2) is 15.3 Å². The van der Waals surface area contributed by atoms with Crippen molar-refractivity contribution in [2.24, 2.45) is 0 Å². The lowest BCUT2D eigenvalue weighted by atomic mass is 10.1. The minimum Gasteiger partial charge on any atom is -0.460 e. The van der Waals surface area contributed by atoms with E-state index in [4.69, 9.17) is 4.42 Å². The van der Waals surface area contributed by atoms with E-state index in [1.807, 2.05) is 43.3 Å². The maximum atomic E-state index is 9.34. The smallest absolute Gasteiger partial charge is 0.152 e. The van der Waals surface area contributed by atoms with Crippen molar-refractivity contribution in [3.63, 3.8) is 0 Å². The Morgan fingerprint density at radius 2 is 2.05 bits per heavy atom. The Balaban J connectivity index is 1.79. The highest BCUT2D eigenvalue weighted by molar-refractivity contribution is 5.58. The average molecular weight is 283 g/mol. The Hall–Kier alpha value is -2.53. The maximum Gasteiger partial charge on any atom is 0.152 e. The molecule has 0 amide bonds. The molecule has 0 saturated heterocycles. The number of aromatic nitrogens is 2. The third-order valence-corrected chi connectivity index (χ3v) is 3.36. The predicted molar refractivity (Wildman–Crippen MR) is 80.7 cm³/mol. The summed E-state index contributed by atoms with van der Waals surface area (Å²) in [6.07, 6.45) is 1.78. The largest absolute Gasteiger partial charge is 0.460 e. The van der Waals surface area contributed by atoms with Crippen LogP contribution in [0.4, 0.5) is 5.69 Å². The second-order valence-corrected chi connectivity index (χ2v) is 4.85. The third-order valence-electron chi connectivity index (χ3n) is 3.36. The number of aryl methyl sites for hydroxylation is 1. The van der Waals surface area contributed by atoms with Gasteiger partial charge in [0.25, 0.3) is 0 Å². The Labute approximate surface area is 122 Å². The van der Waals surface area contributed by atoms with E-state index < -0.39 is 0 Å².